The lowest BCUT2D eigenvalue weighted by Crippen LogP contribution is -2.45. The number of carbonyl (C=O) groups excluding carboxylic acids is 2. The quantitative estimate of drug-likeness (QED) is 0.522. The third-order valence-corrected chi connectivity index (χ3v) is 5.21. The van der Waals surface area contributed by atoms with Gasteiger partial charge in [-0.25, -0.2) is 0 Å². The molecule has 0 spiro atoms. The van der Waals surface area contributed by atoms with Gasteiger partial charge in [0.05, 0.1) is 30.3 Å². The summed E-state index contributed by atoms with van der Waals surface area (Å²) < 4.78 is 12.2. The van der Waals surface area contributed by atoms with Crippen molar-refractivity contribution in [1.29, 1.82) is 0 Å². The summed E-state index contributed by atoms with van der Waals surface area (Å²) in [6.07, 6.45) is 1.92. The molecule has 1 heterocycles. The smallest absolute Gasteiger partial charge is 0.255 e. The van der Waals surface area contributed by atoms with Gasteiger partial charge in [-0.15, -0.1) is 0 Å². The van der Waals surface area contributed by atoms with E-state index in [1.54, 1.807) is 31.3 Å². The minimum atomic E-state index is -0.354. The van der Waals surface area contributed by atoms with E-state index in [0.29, 0.717) is 31.3 Å². The van der Waals surface area contributed by atoms with E-state index in [2.05, 4.69) is 0 Å². The highest BCUT2D eigenvalue weighted by molar-refractivity contribution is 6.36. The van der Waals surface area contributed by atoms with Crippen LogP contribution in [0.3, 0.4) is 0 Å². The number of rotatable bonds is 11. The van der Waals surface area contributed by atoms with Crippen molar-refractivity contribution in [3.05, 3.63) is 57.8 Å². The highest BCUT2D eigenvalue weighted by atomic mass is 35.5. The van der Waals surface area contributed by atoms with Crippen LogP contribution in [0, 0.1) is 0 Å². The van der Waals surface area contributed by atoms with Crippen LogP contribution in [0.25, 0.3) is 0 Å². The first-order valence-electron chi connectivity index (χ1n) is 9.47. The molecule has 2 aromatic rings. The first-order valence-corrected chi connectivity index (χ1v) is 10.2. The predicted molar refractivity (Wildman–Crippen MR) is 117 cm³/mol. The Hall–Kier alpha value is -2.06. The van der Waals surface area contributed by atoms with E-state index in [4.69, 9.17) is 32.7 Å². The van der Waals surface area contributed by atoms with Gasteiger partial charge in [-0.1, -0.05) is 23.2 Å². The average molecular weight is 456 g/mol. The van der Waals surface area contributed by atoms with E-state index in [0.717, 1.165) is 5.69 Å². The van der Waals surface area contributed by atoms with Crippen LogP contribution < -0.4 is 0 Å². The molecule has 9 heteroatoms. The fourth-order valence-corrected chi connectivity index (χ4v) is 3.39. The van der Waals surface area contributed by atoms with Crippen LogP contribution in [0.15, 0.2) is 36.5 Å². The monoisotopic (exact) mass is 455 g/mol. The van der Waals surface area contributed by atoms with Crippen molar-refractivity contribution in [3.8, 4) is 0 Å². The van der Waals surface area contributed by atoms with E-state index in [-0.39, 0.29) is 35.5 Å². The molecule has 1 aromatic heterocycles. The normalized spacial score (nSPS) is 10.8. The molecule has 0 unspecified atom stereocenters. The number of halogens is 2. The second-order valence-corrected chi connectivity index (χ2v) is 7.61. The molecule has 0 saturated carbocycles. The fraction of sp³-hybridized carbons (Fsp3) is 0.429. The van der Waals surface area contributed by atoms with Gasteiger partial charge in [0.25, 0.3) is 5.91 Å². The van der Waals surface area contributed by atoms with Crippen molar-refractivity contribution in [3.63, 3.8) is 0 Å². The van der Waals surface area contributed by atoms with Crippen molar-refractivity contribution in [2.75, 3.05) is 47.1 Å². The Morgan fingerprint density at radius 3 is 2.27 bits per heavy atom. The Balaban J connectivity index is 2.19. The highest BCUT2D eigenvalue weighted by Gasteiger charge is 2.24. The number of nitrogens with zero attached hydrogens (tertiary/aromatic N) is 3. The number of amides is 2. The molecule has 0 aliphatic heterocycles. The standard InChI is InChI=1S/C21H27Cl2N3O4/c1-24-8-4-5-17(24)14-25(9-11-29-2)20(27)15-26(10-12-30-3)21(28)18-7-6-16(22)13-19(18)23/h4-8,13H,9-12,14-15H2,1-3H3. The van der Waals surface area contributed by atoms with Gasteiger partial charge in [-0.2, -0.15) is 0 Å². The number of ether oxygens (including phenoxy) is 2. The zero-order valence-corrected chi connectivity index (χ0v) is 18.9. The molecule has 0 saturated heterocycles. The van der Waals surface area contributed by atoms with Crippen LogP contribution in [0.1, 0.15) is 16.1 Å². The van der Waals surface area contributed by atoms with Crippen LogP contribution in [0.4, 0.5) is 0 Å². The SMILES string of the molecule is COCCN(Cc1cccn1C)C(=O)CN(CCOC)C(=O)c1ccc(Cl)cc1Cl. The number of hydrogen-bond acceptors (Lipinski definition) is 4. The van der Waals surface area contributed by atoms with E-state index < -0.39 is 0 Å². The zero-order chi connectivity index (χ0) is 22.1. The second kappa shape index (κ2) is 12.0. The summed E-state index contributed by atoms with van der Waals surface area (Å²) in [5.41, 5.74) is 1.27. The van der Waals surface area contributed by atoms with Gasteiger partial charge >= 0.3 is 0 Å². The highest BCUT2D eigenvalue weighted by Crippen LogP contribution is 2.22. The van der Waals surface area contributed by atoms with Crippen LogP contribution in [-0.4, -0.2) is 73.2 Å². The zero-order valence-electron chi connectivity index (χ0n) is 17.4. The van der Waals surface area contributed by atoms with E-state index in [1.807, 2.05) is 29.9 Å². The first kappa shape index (κ1) is 24.2. The minimum absolute atomic E-state index is 0.102. The molecule has 0 fully saturated rings. The van der Waals surface area contributed by atoms with E-state index >= 15 is 0 Å². The van der Waals surface area contributed by atoms with Gasteiger partial charge < -0.3 is 23.8 Å². The molecule has 164 valence electrons. The van der Waals surface area contributed by atoms with Crippen molar-refractivity contribution in [1.82, 2.24) is 14.4 Å². The number of aryl methyl sites for hydroxylation is 1. The lowest BCUT2D eigenvalue weighted by molar-refractivity contribution is -0.133. The molecule has 0 radical (unpaired) electrons. The Morgan fingerprint density at radius 1 is 1.03 bits per heavy atom. The van der Waals surface area contributed by atoms with Crippen LogP contribution >= 0.6 is 23.2 Å². The van der Waals surface area contributed by atoms with Gasteiger partial charge in [-0.3, -0.25) is 9.59 Å². The topological polar surface area (TPSA) is 64.0 Å². The summed E-state index contributed by atoms with van der Waals surface area (Å²) in [5.74, 6) is -0.546. The Morgan fingerprint density at radius 2 is 1.70 bits per heavy atom. The molecule has 2 amide bonds. The summed E-state index contributed by atoms with van der Waals surface area (Å²) in [6, 6.07) is 8.54. The van der Waals surface area contributed by atoms with E-state index in [9.17, 15) is 9.59 Å². The number of benzene rings is 1. The van der Waals surface area contributed by atoms with Crippen LogP contribution in [0.2, 0.25) is 10.0 Å². The van der Waals surface area contributed by atoms with Crippen molar-refractivity contribution >= 4 is 35.0 Å². The Labute approximate surface area is 187 Å². The lowest BCUT2D eigenvalue weighted by Gasteiger charge is -2.28. The molecule has 0 aliphatic rings. The maximum atomic E-state index is 13.1. The summed E-state index contributed by atoms with van der Waals surface area (Å²) in [6.45, 7) is 1.66. The summed E-state index contributed by atoms with van der Waals surface area (Å²) >= 11 is 12.1. The maximum absolute atomic E-state index is 13.1. The molecule has 2 rings (SSSR count). The van der Waals surface area contributed by atoms with Gasteiger partial charge in [0.15, 0.2) is 0 Å². The number of methoxy groups -OCH3 is 2. The van der Waals surface area contributed by atoms with Gasteiger partial charge in [0, 0.05) is 51.3 Å². The van der Waals surface area contributed by atoms with Gasteiger partial charge in [0.2, 0.25) is 5.91 Å². The average Bonchev–Trinajstić information content (AvgIpc) is 3.12. The van der Waals surface area contributed by atoms with Crippen molar-refractivity contribution in [2.45, 2.75) is 6.54 Å². The van der Waals surface area contributed by atoms with E-state index in [1.165, 1.54) is 11.0 Å². The van der Waals surface area contributed by atoms with Gasteiger partial charge in [0.1, 0.15) is 6.54 Å². The third kappa shape index (κ3) is 6.74. The largest absolute Gasteiger partial charge is 0.383 e. The summed E-state index contributed by atoms with van der Waals surface area (Å²) in [7, 11) is 5.05. The molecule has 1 aromatic carbocycles. The molecule has 0 atom stereocenters. The molecule has 0 bridgehead atoms. The minimum Gasteiger partial charge on any atom is -0.383 e. The van der Waals surface area contributed by atoms with Crippen LogP contribution in [-0.2, 0) is 27.9 Å². The predicted octanol–water partition coefficient (Wildman–Crippen LogP) is 3.10. The van der Waals surface area contributed by atoms with Crippen molar-refractivity contribution < 1.29 is 19.1 Å². The molecular weight excluding hydrogens is 429 g/mol. The number of aromatic nitrogens is 1. The summed E-state index contributed by atoms with van der Waals surface area (Å²) in [4.78, 5) is 29.3. The number of hydrogen-bond donors (Lipinski definition) is 0. The Kier molecular flexibility index (Phi) is 9.65. The first-order chi connectivity index (χ1) is 14.4. The summed E-state index contributed by atoms with van der Waals surface area (Å²) in [5, 5.41) is 0.673. The van der Waals surface area contributed by atoms with Crippen molar-refractivity contribution in [2.24, 2.45) is 7.05 Å². The second-order valence-electron chi connectivity index (χ2n) is 6.76. The molecule has 30 heavy (non-hydrogen) atoms. The molecular formula is C21H27Cl2N3O4. The molecule has 7 nitrogen and oxygen atoms in total. The maximum Gasteiger partial charge on any atom is 0.255 e. The van der Waals surface area contributed by atoms with Gasteiger partial charge in [-0.05, 0) is 30.3 Å². The third-order valence-electron chi connectivity index (χ3n) is 4.66. The van der Waals surface area contributed by atoms with Crippen LogP contribution in [0.5, 0.6) is 0 Å². The lowest BCUT2D eigenvalue weighted by atomic mass is 10.2. The number of carbonyl (C=O) groups is 2. The Bertz CT molecular complexity index is 857. The fourth-order valence-electron chi connectivity index (χ4n) is 2.90. The molecule has 0 aliphatic carbocycles. The molecule has 0 N–H and O–H groups in total.